The van der Waals surface area contributed by atoms with Gasteiger partial charge in [-0.25, -0.2) is 0 Å². The molecule has 0 fully saturated rings. The van der Waals surface area contributed by atoms with Crippen LogP contribution in [0.5, 0.6) is 0 Å². The van der Waals surface area contributed by atoms with Gasteiger partial charge in [-0.1, -0.05) is 6.07 Å². The molecule has 162 valence electrons. The molecule has 0 bridgehead atoms. The lowest BCUT2D eigenvalue weighted by Crippen LogP contribution is -2.30. The zero-order valence-corrected chi connectivity index (χ0v) is 16.0. The number of benzene rings is 2. The molecule has 1 N–H and O–H groups in total. The van der Waals surface area contributed by atoms with Gasteiger partial charge in [-0.3, -0.25) is 9.59 Å². The molecular formula is C20H18F6N2O2. The number of hydrogen-bond donors (Lipinski definition) is 1. The molecule has 10 heteroatoms. The van der Waals surface area contributed by atoms with Gasteiger partial charge in [-0.2, -0.15) is 26.3 Å². The summed E-state index contributed by atoms with van der Waals surface area (Å²) in [5, 5.41) is 2.24. The van der Waals surface area contributed by atoms with Crippen molar-refractivity contribution >= 4 is 17.5 Å². The van der Waals surface area contributed by atoms with Crippen molar-refractivity contribution in [2.45, 2.75) is 26.2 Å². The zero-order valence-electron chi connectivity index (χ0n) is 16.0. The van der Waals surface area contributed by atoms with E-state index in [1.165, 1.54) is 29.2 Å². The second-order valence-corrected chi connectivity index (χ2v) is 6.31. The summed E-state index contributed by atoms with van der Waals surface area (Å²) in [5.41, 5.74) is -3.71. The van der Waals surface area contributed by atoms with Gasteiger partial charge >= 0.3 is 12.4 Å². The highest BCUT2D eigenvalue weighted by atomic mass is 19.4. The first-order valence-corrected chi connectivity index (χ1v) is 8.87. The summed E-state index contributed by atoms with van der Waals surface area (Å²) in [6.45, 7) is 4.44. The molecule has 0 heterocycles. The maximum absolute atomic E-state index is 13.0. The van der Waals surface area contributed by atoms with Crippen molar-refractivity contribution in [3.8, 4) is 0 Å². The highest BCUT2D eigenvalue weighted by Crippen LogP contribution is 2.36. The summed E-state index contributed by atoms with van der Waals surface area (Å²) >= 11 is 0. The Balaban J connectivity index is 2.36. The monoisotopic (exact) mass is 432 g/mol. The molecule has 2 rings (SSSR count). The largest absolute Gasteiger partial charge is 0.416 e. The van der Waals surface area contributed by atoms with Crippen LogP contribution in [0.3, 0.4) is 0 Å². The minimum absolute atomic E-state index is 0.0554. The highest BCUT2D eigenvalue weighted by Gasteiger charge is 2.37. The van der Waals surface area contributed by atoms with E-state index in [4.69, 9.17) is 0 Å². The Bertz CT molecular complexity index is 901. The Kier molecular flexibility index (Phi) is 6.79. The van der Waals surface area contributed by atoms with Gasteiger partial charge in [-0.05, 0) is 50.2 Å². The van der Waals surface area contributed by atoms with Crippen molar-refractivity contribution in [3.05, 3.63) is 64.7 Å². The molecule has 0 saturated heterocycles. The minimum atomic E-state index is -5.06. The molecule has 0 atom stereocenters. The Hall–Kier alpha value is -3.04. The second kappa shape index (κ2) is 8.76. The fourth-order valence-corrected chi connectivity index (χ4v) is 2.71. The number of carbonyl (C=O) groups is 2. The van der Waals surface area contributed by atoms with Crippen molar-refractivity contribution in [3.63, 3.8) is 0 Å². The molecule has 2 aromatic rings. The Morgan fingerprint density at radius 2 is 1.37 bits per heavy atom. The fourth-order valence-electron chi connectivity index (χ4n) is 2.71. The molecule has 0 radical (unpaired) electrons. The summed E-state index contributed by atoms with van der Waals surface area (Å²) in [6, 6.07) is 6.24. The molecule has 0 aliphatic heterocycles. The predicted octanol–water partition coefficient (Wildman–Crippen LogP) is 5.46. The molecule has 30 heavy (non-hydrogen) atoms. The van der Waals surface area contributed by atoms with E-state index in [2.05, 4.69) is 5.32 Å². The number of alkyl halides is 6. The fraction of sp³-hybridized carbons (Fsp3) is 0.300. The lowest BCUT2D eigenvalue weighted by atomic mass is 10.0. The average Bonchev–Trinajstić information content (AvgIpc) is 2.67. The first kappa shape index (κ1) is 23.2. The number of hydrogen-bond acceptors (Lipinski definition) is 2. The number of carbonyl (C=O) groups excluding carboxylic acids is 2. The van der Waals surface area contributed by atoms with Crippen molar-refractivity contribution in [1.29, 1.82) is 0 Å². The van der Waals surface area contributed by atoms with Gasteiger partial charge in [-0.15, -0.1) is 0 Å². The molecule has 2 aromatic carbocycles. The Morgan fingerprint density at radius 1 is 0.833 bits per heavy atom. The summed E-state index contributed by atoms with van der Waals surface area (Å²) < 4.78 is 77.8. The van der Waals surface area contributed by atoms with Gasteiger partial charge in [0.05, 0.1) is 11.1 Å². The molecule has 0 saturated carbocycles. The van der Waals surface area contributed by atoms with Gasteiger partial charge in [0.25, 0.3) is 11.8 Å². The van der Waals surface area contributed by atoms with Gasteiger partial charge in [0, 0.05) is 29.9 Å². The van der Waals surface area contributed by atoms with Crippen molar-refractivity contribution in [2.24, 2.45) is 0 Å². The Labute approximate surface area is 168 Å². The van der Waals surface area contributed by atoms with Crippen LogP contribution in [0, 0.1) is 0 Å². The standard InChI is InChI=1S/C20H18F6N2O2/c1-3-28(4-2)18(30)12-6-5-7-16(10-12)27-17(29)13-8-14(19(21,22)23)11-15(9-13)20(24,25)26/h5-11H,3-4H2,1-2H3,(H,27,29). The highest BCUT2D eigenvalue weighted by molar-refractivity contribution is 6.05. The number of rotatable bonds is 5. The van der Waals surface area contributed by atoms with Crippen molar-refractivity contribution < 1.29 is 35.9 Å². The van der Waals surface area contributed by atoms with Crippen LogP contribution in [-0.2, 0) is 12.4 Å². The van der Waals surface area contributed by atoms with Gasteiger partial charge in [0.15, 0.2) is 0 Å². The average molecular weight is 432 g/mol. The zero-order chi connectivity index (χ0) is 22.7. The maximum Gasteiger partial charge on any atom is 0.416 e. The van der Waals surface area contributed by atoms with Crippen LogP contribution in [0.15, 0.2) is 42.5 Å². The molecule has 2 amide bonds. The smallest absolute Gasteiger partial charge is 0.339 e. The lowest BCUT2D eigenvalue weighted by molar-refractivity contribution is -0.143. The van der Waals surface area contributed by atoms with Crippen LogP contribution >= 0.6 is 0 Å². The molecule has 4 nitrogen and oxygen atoms in total. The number of halogens is 6. The molecule has 0 spiro atoms. The van der Waals surface area contributed by atoms with E-state index < -0.39 is 35.0 Å². The van der Waals surface area contributed by atoms with E-state index in [1.807, 2.05) is 0 Å². The third-order valence-corrected chi connectivity index (χ3v) is 4.27. The van der Waals surface area contributed by atoms with E-state index in [9.17, 15) is 35.9 Å². The van der Waals surface area contributed by atoms with Crippen LogP contribution in [0.2, 0.25) is 0 Å². The van der Waals surface area contributed by atoms with Crippen LogP contribution in [0.4, 0.5) is 32.0 Å². The Morgan fingerprint density at radius 3 is 1.83 bits per heavy atom. The second-order valence-electron chi connectivity index (χ2n) is 6.31. The van der Waals surface area contributed by atoms with Crippen LogP contribution < -0.4 is 5.32 Å². The summed E-state index contributed by atoms with van der Waals surface area (Å²) in [5.74, 6) is -1.49. The molecule has 0 aromatic heterocycles. The van der Waals surface area contributed by atoms with Gasteiger partial charge < -0.3 is 10.2 Å². The number of anilines is 1. The van der Waals surface area contributed by atoms with Gasteiger partial charge in [0.1, 0.15) is 0 Å². The first-order valence-electron chi connectivity index (χ1n) is 8.87. The molecule has 0 aliphatic carbocycles. The van der Waals surface area contributed by atoms with Crippen LogP contribution in [0.1, 0.15) is 45.7 Å². The molecule has 0 unspecified atom stereocenters. The first-order chi connectivity index (χ1) is 13.9. The van der Waals surface area contributed by atoms with E-state index in [1.54, 1.807) is 13.8 Å². The number of amides is 2. The molecular weight excluding hydrogens is 414 g/mol. The van der Waals surface area contributed by atoms with Crippen LogP contribution in [-0.4, -0.2) is 29.8 Å². The number of nitrogens with one attached hydrogen (secondary N) is 1. The third kappa shape index (κ3) is 5.52. The summed E-state index contributed by atoms with van der Waals surface area (Å²) in [4.78, 5) is 26.3. The SMILES string of the molecule is CCN(CC)C(=O)c1cccc(NC(=O)c2cc(C(F)(F)F)cc(C(F)(F)F)c2)c1. The minimum Gasteiger partial charge on any atom is -0.339 e. The topological polar surface area (TPSA) is 49.4 Å². The third-order valence-electron chi connectivity index (χ3n) is 4.27. The van der Waals surface area contributed by atoms with Gasteiger partial charge in [0.2, 0.25) is 0 Å². The predicted molar refractivity (Wildman–Crippen MR) is 98.1 cm³/mol. The van der Waals surface area contributed by atoms with Crippen molar-refractivity contribution in [2.75, 3.05) is 18.4 Å². The van der Waals surface area contributed by atoms with Crippen LogP contribution in [0.25, 0.3) is 0 Å². The summed E-state index contributed by atoms with van der Waals surface area (Å²) in [6.07, 6.45) is -10.1. The van der Waals surface area contributed by atoms with E-state index in [0.717, 1.165) is 0 Å². The van der Waals surface area contributed by atoms with Crippen molar-refractivity contribution in [1.82, 2.24) is 4.90 Å². The molecule has 0 aliphatic rings. The summed E-state index contributed by atoms with van der Waals surface area (Å²) in [7, 11) is 0. The van der Waals surface area contributed by atoms with E-state index >= 15 is 0 Å². The quantitative estimate of drug-likeness (QED) is 0.638. The van der Waals surface area contributed by atoms with E-state index in [-0.39, 0.29) is 23.2 Å². The normalized spacial score (nSPS) is 11.9. The lowest BCUT2D eigenvalue weighted by Gasteiger charge is -2.19. The maximum atomic E-state index is 13.0. The number of nitrogens with zero attached hydrogens (tertiary/aromatic N) is 1. The van der Waals surface area contributed by atoms with E-state index in [0.29, 0.717) is 25.2 Å².